The summed E-state index contributed by atoms with van der Waals surface area (Å²) in [5.74, 6) is -1.32. The fourth-order valence-corrected chi connectivity index (χ4v) is 1.26. The van der Waals surface area contributed by atoms with Gasteiger partial charge in [-0.15, -0.1) is 0 Å². The molecule has 0 radical (unpaired) electrons. The van der Waals surface area contributed by atoms with E-state index in [4.69, 9.17) is 14.6 Å². The van der Waals surface area contributed by atoms with Crippen LogP contribution < -0.4 is 14.9 Å². The molecule has 0 unspecified atom stereocenters. The van der Waals surface area contributed by atoms with Crippen molar-refractivity contribution in [1.82, 2.24) is 4.98 Å². The van der Waals surface area contributed by atoms with E-state index in [2.05, 4.69) is 4.98 Å². The molecule has 0 aliphatic heterocycles. The first-order valence-electron chi connectivity index (χ1n) is 4.11. The van der Waals surface area contributed by atoms with Gasteiger partial charge in [0.25, 0.3) is 0 Å². The van der Waals surface area contributed by atoms with Crippen molar-refractivity contribution in [3.8, 4) is 11.6 Å². The molecule has 1 heterocycles. The third-order valence-electron chi connectivity index (χ3n) is 1.94. The summed E-state index contributed by atoms with van der Waals surface area (Å²) < 4.78 is 9.64. The summed E-state index contributed by atoms with van der Waals surface area (Å²) in [5.41, 5.74) is -0.809. The van der Waals surface area contributed by atoms with Crippen LogP contribution >= 0.6 is 0 Å². The molecule has 0 atom stereocenters. The molecule has 1 aromatic rings. The van der Waals surface area contributed by atoms with Crippen LogP contribution in [0.25, 0.3) is 0 Å². The van der Waals surface area contributed by atoms with Gasteiger partial charge in [-0.1, -0.05) is 0 Å². The molecule has 0 saturated heterocycles. The first-order valence-corrected chi connectivity index (χ1v) is 4.11. The van der Waals surface area contributed by atoms with E-state index in [9.17, 15) is 9.59 Å². The molecule has 0 amide bonds. The van der Waals surface area contributed by atoms with Crippen LogP contribution in [0.1, 0.15) is 16.1 Å². The smallest absolute Gasteiger partial charge is 0.341 e. The lowest BCUT2D eigenvalue weighted by Crippen LogP contribution is -2.20. The van der Waals surface area contributed by atoms with E-state index in [0.29, 0.717) is 0 Å². The van der Waals surface area contributed by atoms with Gasteiger partial charge in [-0.3, -0.25) is 4.79 Å². The van der Waals surface area contributed by atoms with Gasteiger partial charge in [-0.05, 0) is 6.92 Å². The standard InChI is InChI=1S/C9H11NO5/c1-4-5(9(12)13)6(11)7(14-2)8(10-4)15-3/h1-3H3,(H,10,11)(H,12,13). The number of carboxylic acid groups (broad SMARTS) is 1. The van der Waals surface area contributed by atoms with E-state index in [1.54, 1.807) is 0 Å². The van der Waals surface area contributed by atoms with Gasteiger partial charge >= 0.3 is 5.97 Å². The van der Waals surface area contributed by atoms with Crippen molar-refractivity contribution in [2.45, 2.75) is 6.92 Å². The maximum Gasteiger partial charge on any atom is 0.341 e. The predicted octanol–water partition coefficient (Wildman–Crippen LogP) is 0.399. The molecule has 2 N–H and O–H groups in total. The fourth-order valence-electron chi connectivity index (χ4n) is 1.26. The molecule has 0 aliphatic carbocycles. The van der Waals surface area contributed by atoms with Gasteiger partial charge in [0.1, 0.15) is 5.56 Å². The zero-order valence-corrected chi connectivity index (χ0v) is 8.58. The number of methoxy groups -OCH3 is 2. The van der Waals surface area contributed by atoms with Crippen molar-refractivity contribution in [1.29, 1.82) is 0 Å². The van der Waals surface area contributed by atoms with Crippen LogP contribution in [0.15, 0.2) is 4.79 Å². The molecule has 0 fully saturated rings. The van der Waals surface area contributed by atoms with Crippen molar-refractivity contribution in [3.63, 3.8) is 0 Å². The third kappa shape index (κ3) is 1.78. The number of ether oxygens (including phenoxy) is 2. The van der Waals surface area contributed by atoms with Crippen LogP contribution in [0.3, 0.4) is 0 Å². The van der Waals surface area contributed by atoms with Crippen LogP contribution in [-0.2, 0) is 0 Å². The second kappa shape index (κ2) is 4.04. The highest BCUT2D eigenvalue weighted by molar-refractivity contribution is 5.89. The molecule has 82 valence electrons. The first-order chi connectivity index (χ1) is 7.02. The highest BCUT2D eigenvalue weighted by atomic mass is 16.5. The summed E-state index contributed by atoms with van der Waals surface area (Å²) in [4.78, 5) is 25.1. The van der Waals surface area contributed by atoms with Crippen molar-refractivity contribution in [2.24, 2.45) is 0 Å². The normalized spacial score (nSPS) is 9.80. The number of hydrogen-bond acceptors (Lipinski definition) is 4. The number of nitrogens with one attached hydrogen (secondary N) is 1. The SMILES string of the molecule is COc1[nH]c(C)c(C(=O)O)c(=O)c1OC. The number of carboxylic acids is 1. The molecule has 0 bridgehead atoms. The van der Waals surface area contributed by atoms with E-state index in [1.807, 2.05) is 0 Å². The fraction of sp³-hybridized carbons (Fsp3) is 0.333. The van der Waals surface area contributed by atoms with Crippen molar-refractivity contribution in [2.75, 3.05) is 14.2 Å². The summed E-state index contributed by atoms with van der Waals surface area (Å²) in [6.07, 6.45) is 0. The van der Waals surface area contributed by atoms with Gasteiger partial charge in [0.05, 0.1) is 14.2 Å². The van der Waals surface area contributed by atoms with Gasteiger partial charge < -0.3 is 19.6 Å². The summed E-state index contributed by atoms with van der Waals surface area (Å²) in [5, 5.41) is 8.81. The molecular weight excluding hydrogens is 202 g/mol. The highest BCUT2D eigenvalue weighted by Crippen LogP contribution is 2.21. The van der Waals surface area contributed by atoms with Gasteiger partial charge in [0.15, 0.2) is 0 Å². The van der Waals surface area contributed by atoms with Gasteiger partial charge in [0.2, 0.25) is 17.1 Å². The number of H-pyrrole nitrogens is 1. The Bertz CT molecular complexity index is 449. The monoisotopic (exact) mass is 213 g/mol. The minimum Gasteiger partial charge on any atom is -0.488 e. The maximum atomic E-state index is 11.6. The lowest BCUT2D eigenvalue weighted by molar-refractivity contribution is 0.0693. The maximum absolute atomic E-state index is 11.6. The molecule has 0 saturated carbocycles. The minimum absolute atomic E-state index is 0.116. The third-order valence-corrected chi connectivity index (χ3v) is 1.94. The minimum atomic E-state index is -1.30. The number of pyridine rings is 1. The Balaban J connectivity index is 3.59. The van der Waals surface area contributed by atoms with Crippen LogP contribution in [0.2, 0.25) is 0 Å². The van der Waals surface area contributed by atoms with Gasteiger partial charge in [-0.25, -0.2) is 4.79 Å². The summed E-state index contributed by atoms with van der Waals surface area (Å²) in [7, 11) is 2.63. The van der Waals surface area contributed by atoms with Crippen LogP contribution in [0, 0.1) is 6.92 Å². The van der Waals surface area contributed by atoms with Gasteiger partial charge in [-0.2, -0.15) is 0 Å². The molecule has 0 aliphatic rings. The number of carbonyl (C=O) groups is 1. The second-order valence-corrected chi connectivity index (χ2v) is 2.83. The summed E-state index contributed by atoms with van der Waals surface area (Å²) in [6.45, 7) is 1.48. The molecule has 0 aromatic carbocycles. The molecule has 1 aromatic heterocycles. The predicted molar refractivity (Wildman–Crippen MR) is 51.9 cm³/mol. The Morgan fingerprint density at radius 3 is 2.33 bits per heavy atom. The Morgan fingerprint density at radius 1 is 1.33 bits per heavy atom. The van der Waals surface area contributed by atoms with Crippen LogP contribution in [0.5, 0.6) is 11.6 Å². The quantitative estimate of drug-likeness (QED) is 0.758. The lowest BCUT2D eigenvalue weighted by Gasteiger charge is -2.09. The van der Waals surface area contributed by atoms with E-state index >= 15 is 0 Å². The van der Waals surface area contributed by atoms with Crippen molar-refractivity contribution >= 4 is 5.97 Å². The second-order valence-electron chi connectivity index (χ2n) is 2.83. The van der Waals surface area contributed by atoms with Crippen LogP contribution in [-0.4, -0.2) is 30.3 Å². The van der Waals surface area contributed by atoms with Crippen molar-refractivity contribution < 1.29 is 19.4 Å². The summed E-state index contributed by atoms with van der Waals surface area (Å²) in [6, 6.07) is 0. The molecule has 15 heavy (non-hydrogen) atoms. The Hall–Kier alpha value is -1.98. The van der Waals surface area contributed by atoms with E-state index in [1.165, 1.54) is 21.1 Å². The number of aromatic amines is 1. The van der Waals surface area contributed by atoms with E-state index in [-0.39, 0.29) is 22.9 Å². The number of aromatic carboxylic acids is 1. The lowest BCUT2D eigenvalue weighted by atomic mass is 10.2. The average molecular weight is 213 g/mol. The van der Waals surface area contributed by atoms with Crippen molar-refractivity contribution in [3.05, 3.63) is 21.5 Å². The Morgan fingerprint density at radius 2 is 1.93 bits per heavy atom. The highest BCUT2D eigenvalue weighted by Gasteiger charge is 2.20. The average Bonchev–Trinajstić information content (AvgIpc) is 2.16. The number of aromatic nitrogens is 1. The van der Waals surface area contributed by atoms with E-state index in [0.717, 1.165) is 0 Å². The Labute approximate surface area is 85.5 Å². The summed E-state index contributed by atoms with van der Waals surface area (Å²) >= 11 is 0. The number of aryl methyl sites for hydroxylation is 1. The number of hydrogen-bond donors (Lipinski definition) is 2. The van der Waals surface area contributed by atoms with Crippen LogP contribution in [0.4, 0.5) is 0 Å². The zero-order chi connectivity index (χ0) is 11.6. The van der Waals surface area contributed by atoms with Gasteiger partial charge in [0, 0.05) is 5.69 Å². The molecule has 0 spiro atoms. The largest absolute Gasteiger partial charge is 0.488 e. The zero-order valence-electron chi connectivity index (χ0n) is 8.58. The molecular formula is C9H11NO5. The molecule has 1 rings (SSSR count). The topological polar surface area (TPSA) is 88.6 Å². The van der Waals surface area contributed by atoms with E-state index < -0.39 is 11.4 Å². The Kier molecular flexibility index (Phi) is 2.99. The molecule has 6 heteroatoms. The first kappa shape index (κ1) is 11.1. The molecule has 6 nitrogen and oxygen atoms in total. The number of rotatable bonds is 3.